The van der Waals surface area contributed by atoms with Crippen LogP contribution in [0.1, 0.15) is 18.4 Å². The summed E-state index contributed by atoms with van der Waals surface area (Å²) in [5.74, 6) is 0.885. The summed E-state index contributed by atoms with van der Waals surface area (Å²) in [7, 11) is 0. The van der Waals surface area contributed by atoms with E-state index in [-0.39, 0.29) is 0 Å². The first-order chi connectivity index (χ1) is 10.3. The summed E-state index contributed by atoms with van der Waals surface area (Å²) in [6.45, 7) is 6.65. The van der Waals surface area contributed by atoms with Crippen molar-refractivity contribution in [1.82, 2.24) is 20.1 Å². The predicted molar refractivity (Wildman–Crippen MR) is 81.7 cm³/mol. The topological polar surface area (TPSA) is 48.5 Å². The van der Waals surface area contributed by atoms with Gasteiger partial charge in [0.2, 0.25) is 5.91 Å². The van der Waals surface area contributed by atoms with Crippen LogP contribution in [0.25, 0.3) is 0 Å². The molecule has 1 atom stereocenters. The first-order valence-corrected chi connectivity index (χ1v) is 7.91. The van der Waals surface area contributed by atoms with E-state index >= 15 is 0 Å². The molecular formula is C16H24N4O. The second kappa shape index (κ2) is 7.00. The van der Waals surface area contributed by atoms with Crippen LogP contribution in [0.5, 0.6) is 0 Å². The lowest BCUT2D eigenvalue weighted by molar-refractivity contribution is -0.133. The molecule has 2 aliphatic rings. The molecular weight excluding hydrogens is 264 g/mol. The average Bonchev–Trinajstić information content (AvgIpc) is 3.02. The molecule has 1 N–H and O–H groups in total. The highest BCUT2D eigenvalue weighted by Crippen LogP contribution is 2.15. The van der Waals surface area contributed by atoms with E-state index in [1.165, 1.54) is 5.56 Å². The summed E-state index contributed by atoms with van der Waals surface area (Å²) in [6, 6.07) is 4.09. The molecule has 21 heavy (non-hydrogen) atoms. The second-order valence-corrected chi connectivity index (χ2v) is 6.08. The van der Waals surface area contributed by atoms with Gasteiger partial charge in [-0.2, -0.15) is 0 Å². The molecule has 0 aromatic carbocycles. The Hall–Kier alpha value is -1.46. The molecule has 3 rings (SSSR count). The Morgan fingerprint density at radius 3 is 2.86 bits per heavy atom. The van der Waals surface area contributed by atoms with Gasteiger partial charge < -0.3 is 10.2 Å². The fourth-order valence-corrected chi connectivity index (χ4v) is 3.17. The Morgan fingerprint density at radius 2 is 2.19 bits per heavy atom. The van der Waals surface area contributed by atoms with Gasteiger partial charge in [0.15, 0.2) is 0 Å². The highest BCUT2D eigenvalue weighted by atomic mass is 16.2. The number of piperazine rings is 1. The van der Waals surface area contributed by atoms with Crippen LogP contribution < -0.4 is 5.32 Å². The molecule has 0 bridgehead atoms. The zero-order chi connectivity index (χ0) is 14.5. The maximum absolute atomic E-state index is 12.3. The standard InChI is InChI=1S/C16H24N4O/c21-16(10-14-3-5-18-11-14)20-8-6-19(7-9-20)13-15-2-1-4-17-12-15/h1-2,4,12,14,18H,3,5-11,13H2. The van der Waals surface area contributed by atoms with Crippen molar-refractivity contribution in [3.63, 3.8) is 0 Å². The lowest BCUT2D eigenvalue weighted by Gasteiger charge is -2.35. The first kappa shape index (κ1) is 14.5. The van der Waals surface area contributed by atoms with Gasteiger partial charge in [0, 0.05) is 51.5 Å². The molecule has 0 aliphatic carbocycles. The van der Waals surface area contributed by atoms with Gasteiger partial charge >= 0.3 is 0 Å². The smallest absolute Gasteiger partial charge is 0.222 e. The minimum Gasteiger partial charge on any atom is -0.340 e. The van der Waals surface area contributed by atoms with Gasteiger partial charge in [0.1, 0.15) is 0 Å². The van der Waals surface area contributed by atoms with E-state index in [0.29, 0.717) is 11.8 Å². The number of nitrogens with zero attached hydrogens (tertiary/aromatic N) is 3. The molecule has 3 heterocycles. The zero-order valence-electron chi connectivity index (χ0n) is 12.5. The van der Waals surface area contributed by atoms with E-state index in [0.717, 1.165) is 58.7 Å². The van der Waals surface area contributed by atoms with E-state index in [2.05, 4.69) is 21.3 Å². The van der Waals surface area contributed by atoms with Gasteiger partial charge in [-0.1, -0.05) is 6.07 Å². The van der Waals surface area contributed by atoms with Crippen molar-refractivity contribution in [3.8, 4) is 0 Å². The van der Waals surface area contributed by atoms with Crippen LogP contribution in [0.4, 0.5) is 0 Å². The van der Waals surface area contributed by atoms with Gasteiger partial charge in [-0.3, -0.25) is 14.7 Å². The summed E-state index contributed by atoms with van der Waals surface area (Å²) in [5.41, 5.74) is 1.24. The van der Waals surface area contributed by atoms with Crippen LogP contribution in [0.15, 0.2) is 24.5 Å². The number of carbonyl (C=O) groups excluding carboxylic acids is 1. The SMILES string of the molecule is O=C(CC1CCNC1)N1CCN(Cc2cccnc2)CC1. The molecule has 5 heteroatoms. The van der Waals surface area contributed by atoms with Crippen LogP contribution in [-0.4, -0.2) is 60.0 Å². The quantitative estimate of drug-likeness (QED) is 0.887. The number of carbonyl (C=O) groups is 1. The monoisotopic (exact) mass is 288 g/mol. The van der Waals surface area contributed by atoms with E-state index in [1.807, 2.05) is 17.2 Å². The maximum atomic E-state index is 12.3. The molecule has 2 saturated heterocycles. The third-order valence-corrected chi connectivity index (χ3v) is 4.48. The minimum absolute atomic E-state index is 0.338. The normalized spacial score (nSPS) is 23.4. The Morgan fingerprint density at radius 1 is 1.33 bits per heavy atom. The highest BCUT2D eigenvalue weighted by molar-refractivity contribution is 5.76. The number of amides is 1. The third kappa shape index (κ3) is 4.02. The number of hydrogen-bond acceptors (Lipinski definition) is 4. The van der Waals surface area contributed by atoms with Crippen LogP contribution in [0.3, 0.4) is 0 Å². The largest absolute Gasteiger partial charge is 0.340 e. The molecule has 2 fully saturated rings. The summed E-state index contributed by atoms with van der Waals surface area (Å²) < 4.78 is 0. The van der Waals surface area contributed by atoms with Gasteiger partial charge in [0.25, 0.3) is 0 Å². The minimum atomic E-state index is 0.338. The Labute approximate surface area is 126 Å². The van der Waals surface area contributed by atoms with Crippen molar-refractivity contribution in [1.29, 1.82) is 0 Å². The summed E-state index contributed by atoms with van der Waals surface area (Å²) in [5, 5.41) is 3.33. The van der Waals surface area contributed by atoms with E-state index in [4.69, 9.17) is 0 Å². The summed E-state index contributed by atoms with van der Waals surface area (Å²) >= 11 is 0. The highest BCUT2D eigenvalue weighted by Gasteiger charge is 2.24. The Balaban J connectivity index is 1.43. The van der Waals surface area contributed by atoms with Gasteiger partial charge in [-0.25, -0.2) is 0 Å². The molecule has 0 saturated carbocycles. The lowest BCUT2D eigenvalue weighted by Crippen LogP contribution is -2.48. The summed E-state index contributed by atoms with van der Waals surface area (Å²) in [6.07, 6.45) is 5.59. The predicted octanol–water partition coefficient (Wildman–Crippen LogP) is 0.725. The maximum Gasteiger partial charge on any atom is 0.222 e. The van der Waals surface area contributed by atoms with Gasteiger partial charge in [-0.05, 0) is 37.1 Å². The molecule has 1 aromatic heterocycles. The van der Waals surface area contributed by atoms with Gasteiger partial charge in [0.05, 0.1) is 0 Å². The van der Waals surface area contributed by atoms with E-state index < -0.39 is 0 Å². The molecule has 5 nitrogen and oxygen atoms in total. The molecule has 1 unspecified atom stereocenters. The van der Waals surface area contributed by atoms with Crippen molar-refractivity contribution >= 4 is 5.91 Å². The molecule has 0 spiro atoms. The lowest BCUT2D eigenvalue weighted by atomic mass is 10.0. The van der Waals surface area contributed by atoms with Crippen molar-refractivity contribution in [2.45, 2.75) is 19.4 Å². The number of nitrogens with one attached hydrogen (secondary N) is 1. The van der Waals surface area contributed by atoms with Crippen molar-refractivity contribution in [2.24, 2.45) is 5.92 Å². The fourth-order valence-electron chi connectivity index (χ4n) is 3.17. The Bertz CT molecular complexity index is 451. The average molecular weight is 288 g/mol. The van der Waals surface area contributed by atoms with E-state index in [9.17, 15) is 4.79 Å². The zero-order valence-corrected chi connectivity index (χ0v) is 12.5. The number of rotatable bonds is 4. The third-order valence-electron chi connectivity index (χ3n) is 4.48. The molecule has 0 radical (unpaired) electrons. The molecule has 114 valence electrons. The first-order valence-electron chi connectivity index (χ1n) is 7.91. The van der Waals surface area contributed by atoms with Crippen LogP contribution >= 0.6 is 0 Å². The van der Waals surface area contributed by atoms with Crippen LogP contribution in [0, 0.1) is 5.92 Å². The van der Waals surface area contributed by atoms with Crippen molar-refractivity contribution in [3.05, 3.63) is 30.1 Å². The molecule has 1 aromatic rings. The summed E-state index contributed by atoms with van der Waals surface area (Å²) in [4.78, 5) is 20.9. The van der Waals surface area contributed by atoms with Crippen molar-refractivity contribution in [2.75, 3.05) is 39.3 Å². The molecule has 2 aliphatic heterocycles. The second-order valence-electron chi connectivity index (χ2n) is 6.08. The fraction of sp³-hybridized carbons (Fsp3) is 0.625. The number of aromatic nitrogens is 1. The van der Waals surface area contributed by atoms with Gasteiger partial charge in [-0.15, -0.1) is 0 Å². The number of hydrogen-bond donors (Lipinski definition) is 1. The van der Waals surface area contributed by atoms with E-state index in [1.54, 1.807) is 6.20 Å². The van der Waals surface area contributed by atoms with Crippen molar-refractivity contribution < 1.29 is 4.79 Å². The molecule has 1 amide bonds. The number of pyridine rings is 1. The Kier molecular flexibility index (Phi) is 4.83. The van der Waals surface area contributed by atoms with Crippen LogP contribution in [0.2, 0.25) is 0 Å². The van der Waals surface area contributed by atoms with Crippen LogP contribution in [-0.2, 0) is 11.3 Å².